The van der Waals surface area contributed by atoms with Crippen LogP contribution in [0.3, 0.4) is 0 Å². The van der Waals surface area contributed by atoms with E-state index in [4.69, 9.17) is 4.74 Å². The van der Waals surface area contributed by atoms with Crippen LogP contribution in [-0.4, -0.2) is 75.8 Å². The number of pyridine rings is 1. The third-order valence-corrected chi connectivity index (χ3v) is 6.80. The van der Waals surface area contributed by atoms with Gasteiger partial charge in [-0.1, -0.05) is 0 Å². The van der Waals surface area contributed by atoms with E-state index >= 15 is 0 Å². The second-order valence-corrected chi connectivity index (χ2v) is 9.69. The summed E-state index contributed by atoms with van der Waals surface area (Å²) in [4.78, 5) is 21.9. The van der Waals surface area contributed by atoms with Crippen LogP contribution in [0, 0.1) is 18.6 Å². The number of ether oxygens (including phenoxy) is 1. The molecule has 0 unspecified atom stereocenters. The van der Waals surface area contributed by atoms with Crippen molar-refractivity contribution in [1.29, 1.82) is 0 Å². The summed E-state index contributed by atoms with van der Waals surface area (Å²) < 4.78 is 36.9. The highest BCUT2D eigenvalue weighted by molar-refractivity contribution is 5.83. The number of methoxy groups -OCH3 is 1. The van der Waals surface area contributed by atoms with Crippen LogP contribution >= 0.6 is 0 Å². The van der Waals surface area contributed by atoms with Crippen molar-refractivity contribution >= 4 is 28.5 Å². The van der Waals surface area contributed by atoms with Crippen molar-refractivity contribution in [2.45, 2.75) is 26.8 Å². The maximum absolute atomic E-state index is 15.0. The van der Waals surface area contributed by atoms with Gasteiger partial charge in [-0.3, -0.25) is 4.90 Å². The lowest BCUT2D eigenvalue weighted by Gasteiger charge is -2.35. The fourth-order valence-corrected chi connectivity index (χ4v) is 4.90. The number of nitrogens with one attached hydrogen (secondary N) is 1. The van der Waals surface area contributed by atoms with Crippen molar-refractivity contribution in [1.82, 2.24) is 29.4 Å². The van der Waals surface area contributed by atoms with Gasteiger partial charge in [-0.2, -0.15) is 0 Å². The van der Waals surface area contributed by atoms with Gasteiger partial charge in [0, 0.05) is 51.4 Å². The van der Waals surface area contributed by atoms with Gasteiger partial charge in [0.1, 0.15) is 22.9 Å². The van der Waals surface area contributed by atoms with Crippen molar-refractivity contribution in [3.63, 3.8) is 0 Å². The zero-order valence-corrected chi connectivity index (χ0v) is 22.1. The summed E-state index contributed by atoms with van der Waals surface area (Å²) in [5.74, 6) is 0.223. The Kier molecular flexibility index (Phi) is 7.48. The maximum Gasteiger partial charge on any atom is 0.229 e. The summed E-state index contributed by atoms with van der Waals surface area (Å²) in [5, 5.41) is 3.04. The van der Waals surface area contributed by atoms with Crippen LogP contribution in [0.4, 0.5) is 26.2 Å². The third kappa shape index (κ3) is 5.30. The summed E-state index contributed by atoms with van der Waals surface area (Å²) in [7, 11) is 1.72. The summed E-state index contributed by atoms with van der Waals surface area (Å²) in [5.41, 5.74) is 2.20. The molecule has 1 fully saturated rings. The lowest BCUT2D eigenvalue weighted by molar-refractivity contribution is 0.144. The normalized spacial score (nSPS) is 14.6. The third-order valence-electron chi connectivity index (χ3n) is 6.80. The number of hydrogen-bond acceptors (Lipinski definition) is 8. The Hall–Kier alpha value is -3.70. The molecule has 1 aromatic carbocycles. The molecule has 0 aliphatic carbocycles. The molecule has 0 bridgehead atoms. The number of benzene rings is 1. The number of piperazine rings is 1. The minimum atomic E-state index is -0.644. The van der Waals surface area contributed by atoms with Crippen LogP contribution in [0.1, 0.15) is 25.7 Å². The Labute approximate surface area is 220 Å². The monoisotopic (exact) mass is 522 g/mol. The fourth-order valence-electron chi connectivity index (χ4n) is 4.90. The minimum Gasteiger partial charge on any atom is -0.383 e. The second-order valence-electron chi connectivity index (χ2n) is 9.69. The van der Waals surface area contributed by atoms with Gasteiger partial charge < -0.3 is 19.5 Å². The highest BCUT2D eigenvalue weighted by atomic mass is 19.1. The number of aromatic nitrogens is 5. The van der Waals surface area contributed by atoms with E-state index in [1.54, 1.807) is 19.4 Å². The van der Waals surface area contributed by atoms with Gasteiger partial charge in [-0.05, 0) is 45.0 Å². The second kappa shape index (κ2) is 11.0. The standard InChI is InChI=1S/C27H32F2N8O/c1-17(2)37-18(3)32-26-21(28)13-19(14-23(26)37)25-22(29)16-31-27(34-25)33-24-6-5-20(15-30-24)36-9-7-35(8-10-36)11-12-38-4/h5-6,13-17H,7-12H2,1-4H3,(H,30,31,33,34). The van der Waals surface area contributed by atoms with Crippen LogP contribution < -0.4 is 10.2 Å². The van der Waals surface area contributed by atoms with Crippen LogP contribution in [0.5, 0.6) is 0 Å². The Morgan fingerprint density at radius 3 is 2.47 bits per heavy atom. The molecule has 200 valence electrons. The number of halogens is 2. The molecule has 1 N–H and O–H groups in total. The fraction of sp³-hybridized carbons (Fsp3) is 0.407. The molecular formula is C27H32F2N8O. The summed E-state index contributed by atoms with van der Waals surface area (Å²) in [6, 6.07) is 6.88. The number of aryl methyl sites for hydroxylation is 1. The molecule has 1 aliphatic rings. The number of rotatable bonds is 8. The van der Waals surface area contributed by atoms with Gasteiger partial charge in [0.2, 0.25) is 5.95 Å². The zero-order valence-electron chi connectivity index (χ0n) is 22.1. The van der Waals surface area contributed by atoms with Gasteiger partial charge in [-0.25, -0.2) is 28.7 Å². The smallest absolute Gasteiger partial charge is 0.229 e. The van der Waals surface area contributed by atoms with E-state index in [0.29, 0.717) is 22.7 Å². The molecule has 4 heterocycles. The average Bonchev–Trinajstić information content (AvgIpc) is 3.26. The number of hydrogen-bond donors (Lipinski definition) is 1. The van der Waals surface area contributed by atoms with Crippen molar-refractivity contribution in [3.8, 4) is 11.3 Å². The summed E-state index contributed by atoms with van der Waals surface area (Å²) in [6.07, 6.45) is 2.88. The highest BCUT2D eigenvalue weighted by Crippen LogP contribution is 2.30. The predicted molar refractivity (Wildman–Crippen MR) is 144 cm³/mol. The average molecular weight is 523 g/mol. The molecule has 0 radical (unpaired) electrons. The molecular weight excluding hydrogens is 490 g/mol. The van der Waals surface area contributed by atoms with E-state index in [0.717, 1.165) is 51.2 Å². The Bertz CT molecular complexity index is 1420. The number of nitrogens with zero attached hydrogens (tertiary/aromatic N) is 7. The van der Waals surface area contributed by atoms with Crippen LogP contribution in [0.15, 0.2) is 36.7 Å². The SMILES string of the molecule is COCCN1CCN(c2ccc(Nc3ncc(F)c(-c4cc(F)c5nc(C)n(C(C)C)c5c4)n3)nc2)CC1. The van der Waals surface area contributed by atoms with E-state index in [9.17, 15) is 8.78 Å². The lowest BCUT2D eigenvalue weighted by atomic mass is 10.1. The number of anilines is 3. The molecule has 0 atom stereocenters. The van der Waals surface area contributed by atoms with E-state index < -0.39 is 11.6 Å². The molecule has 38 heavy (non-hydrogen) atoms. The quantitative estimate of drug-likeness (QED) is 0.360. The predicted octanol–water partition coefficient (Wildman–Crippen LogP) is 4.57. The van der Waals surface area contributed by atoms with Crippen LogP contribution in [-0.2, 0) is 4.74 Å². The van der Waals surface area contributed by atoms with E-state index in [1.807, 2.05) is 37.5 Å². The molecule has 11 heteroatoms. The van der Waals surface area contributed by atoms with E-state index in [2.05, 4.69) is 35.1 Å². The van der Waals surface area contributed by atoms with E-state index in [-0.39, 0.29) is 23.2 Å². The number of imidazole rings is 1. The van der Waals surface area contributed by atoms with Crippen molar-refractivity contribution in [3.05, 3.63) is 54.1 Å². The molecule has 4 aromatic rings. The van der Waals surface area contributed by atoms with Gasteiger partial charge in [0.25, 0.3) is 0 Å². The maximum atomic E-state index is 15.0. The first-order chi connectivity index (χ1) is 18.3. The zero-order chi connectivity index (χ0) is 26.8. The minimum absolute atomic E-state index is 0.000392. The molecule has 1 saturated heterocycles. The number of fused-ring (bicyclic) bond motifs is 1. The molecule has 1 aliphatic heterocycles. The first-order valence-electron chi connectivity index (χ1n) is 12.7. The molecule has 3 aromatic heterocycles. The first kappa shape index (κ1) is 25.9. The highest BCUT2D eigenvalue weighted by Gasteiger charge is 2.19. The topological polar surface area (TPSA) is 84.2 Å². The summed E-state index contributed by atoms with van der Waals surface area (Å²) >= 11 is 0. The molecule has 5 rings (SSSR count). The first-order valence-corrected chi connectivity index (χ1v) is 12.7. The van der Waals surface area contributed by atoms with Crippen molar-refractivity contribution in [2.24, 2.45) is 0 Å². The van der Waals surface area contributed by atoms with Gasteiger partial charge >= 0.3 is 0 Å². The van der Waals surface area contributed by atoms with Crippen LogP contribution in [0.2, 0.25) is 0 Å². The Morgan fingerprint density at radius 2 is 1.79 bits per heavy atom. The molecule has 0 saturated carbocycles. The molecule has 0 amide bonds. The largest absolute Gasteiger partial charge is 0.383 e. The van der Waals surface area contributed by atoms with Crippen molar-refractivity contribution in [2.75, 3.05) is 56.7 Å². The summed E-state index contributed by atoms with van der Waals surface area (Å²) in [6.45, 7) is 11.3. The van der Waals surface area contributed by atoms with Gasteiger partial charge in [0.15, 0.2) is 11.6 Å². The Balaban J connectivity index is 1.34. The van der Waals surface area contributed by atoms with Crippen LogP contribution in [0.25, 0.3) is 22.3 Å². The van der Waals surface area contributed by atoms with Crippen molar-refractivity contribution < 1.29 is 13.5 Å². The Morgan fingerprint density at radius 1 is 1.00 bits per heavy atom. The molecule has 9 nitrogen and oxygen atoms in total. The van der Waals surface area contributed by atoms with Gasteiger partial charge in [-0.15, -0.1) is 0 Å². The lowest BCUT2D eigenvalue weighted by Crippen LogP contribution is -2.47. The van der Waals surface area contributed by atoms with E-state index in [1.165, 1.54) is 6.07 Å². The molecule has 0 spiro atoms. The van der Waals surface area contributed by atoms with Gasteiger partial charge in [0.05, 0.1) is 30.2 Å².